The lowest BCUT2D eigenvalue weighted by atomic mass is 9.94. The Balaban J connectivity index is 1.86. The number of piperazine rings is 1. The number of fused-ring (bicyclic) bond motifs is 1. The van der Waals surface area contributed by atoms with Crippen LogP contribution in [-0.4, -0.2) is 36.6 Å². The Kier molecular flexibility index (Phi) is 4.02. The van der Waals surface area contributed by atoms with Crippen LogP contribution < -0.4 is 4.90 Å². The van der Waals surface area contributed by atoms with Crippen LogP contribution in [0.3, 0.4) is 0 Å². The van der Waals surface area contributed by atoms with Gasteiger partial charge in [0.25, 0.3) is 0 Å². The largest absolute Gasteiger partial charge is 0.365 e. The lowest BCUT2D eigenvalue weighted by Crippen LogP contribution is -2.59. The number of hydrogen-bond donors (Lipinski definition) is 0. The molecular formula is C18H28N2. The van der Waals surface area contributed by atoms with E-state index in [1.54, 1.807) is 0 Å². The zero-order valence-corrected chi connectivity index (χ0v) is 13.2. The molecule has 2 heterocycles. The summed E-state index contributed by atoms with van der Waals surface area (Å²) in [7, 11) is 0. The fourth-order valence-corrected chi connectivity index (χ4v) is 4.02. The van der Waals surface area contributed by atoms with Crippen LogP contribution >= 0.6 is 0 Å². The van der Waals surface area contributed by atoms with Gasteiger partial charge in [-0.1, -0.05) is 31.0 Å². The normalized spacial score (nSPS) is 27.4. The number of nitrogens with zero attached hydrogens (tertiary/aromatic N) is 2. The van der Waals surface area contributed by atoms with Gasteiger partial charge in [0.05, 0.1) is 0 Å². The van der Waals surface area contributed by atoms with E-state index < -0.39 is 0 Å². The van der Waals surface area contributed by atoms with Gasteiger partial charge in [0, 0.05) is 30.9 Å². The highest BCUT2D eigenvalue weighted by atomic mass is 15.3. The van der Waals surface area contributed by atoms with E-state index in [0.717, 1.165) is 6.04 Å². The highest BCUT2D eigenvalue weighted by Gasteiger charge is 2.34. The third-order valence-corrected chi connectivity index (χ3v) is 5.18. The van der Waals surface area contributed by atoms with Gasteiger partial charge < -0.3 is 4.90 Å². The quantitative estimate of drug-likeness (QED) is 0.809. The van der Waals surface area contributed by atoms with Crippen molar-refractivity contribution >= 4 is 5.69 Å². The summed E-state index contributed by atoms with van der Waals surface area (Å²) in [5.41, 5.74) is 4.27. The van der Waals surface area contributed by atoms with E-state index in [9.17, 15) is 0 Å². The van der Waals surface area contributed by atoms with Gasteiger partial charge in [-0.15, -0.1) is 0 Å². The molecule has 2 aliphatic rings. The summed E-state index contributed by atoms with van der Waals surface area (Å²) in [4.78, 5) is 5.44. The number of hydrogen-bond acceptors (Lipinski definition) is 2. The van der Waals surface area contributed by atoms with Crippen LogP contribution in [0.5, 0.6) is 0 Å². The minimum absolute atomic E-state index is 0.686. The zero-order valence-electron chi connectivity index (χ0n) is 13.2. The molecule has 0 saturated carbocycles. The minimum Gasteiger partial charge on any atom is -0.365 e. The number of rotatable bonds is 2. The predicted molar refractivity (Wildman–Crippen MR) is 86.6 cm³/mol. The van der Waals surface area contributed by atoms with Crippen LogP contribution in [0.15, 0.2) is 18.2 Å². The maximum atomic E-state index is 2.75. The second kappa shape index (κ2) is 5.77. The first-order valence-corrected chi connectivity index (χ1v) is 8.27. The van der Waals surface area contributed by atoms with Crippen molar-refractivity contribution in [3.8, 4) is 0 Å². The summed E-state index contributed by atoms with van der Waals surface area (Å²) in [5.74, 6) is 0. The molecule has 0 aliphatic carbocycles. The summed E-state index contributed by atoms with van der Waals surface area (Å²) in [5, 5.41) is 0. The van der Waals surface area contributed by atoms with Gasteiger partial charge in [0.15, 0.2) is 0 Å². The fraction of sp³-hybridized carbons (Fsp3) is 0.667. The fourth-order valence-electron chi connectivity index (χ4n) is 4.02. The van der Waals surface area contributed by atoms with Crippen LogP contribution in [0, 0.1) is 13.8 Å². The van der Waals surface area contributed by atoms with Gasteiger partial charge in [-0.3, -0.25) is 4.90 Å². The molecule has 2 atom stereocenters. The molecule has 2 saturated heterocycles. The molecule has 2 nitrogen and oxygen atoms in total. The molecule has 0 radical (unpaired) electrons. The van der Waals surface area contributed by atoms with Gasteiger partial charge in [-0.2, -0.15) is 0 Å². The topological polar surface area (TPSA) is 6.48 Å². The Morgan fingerprint density at radius 1 is 1.15 bits per heavy atom. The van der Waals surface area contributed by atoms with Crippen LogP contribution in [0.1, 0.15) is 43.7 Å². The molecule has 2 heteroatoms. The van der Waals surface area contributed by atoms with Crippen molar-refractivity contribution in [2.45, 2.75) is 58.5 Å². The number of piperidine rings is 1. The first-order chi connectivity index (χ1) is 9.69. The number of aryl methyl sites for hydroxylation is 2. The predicted octanol–water partition coefficient (Wildman–Crippen LogP) is 3.76. The third-order valence-electron chi connectivity index (χ3n) is 5.18. The molecule has 0 aromatic heterocycles. The third kappa shape index (κ3) is 2.58. The zero-order chi connectivity index (χ0) is 14.1. The van der Waals surface area contributed by atoms with E-state index in [4.69, 9.17) is 0 Å². The molecule has 0 amide bonds. The highest BCUT2D eigenvalue weighted by Crippen LogP contribution is 2.31. The molecule has 1 aromatic carbocycles. The lowest BCUT2D eigenvalue weighted by molar-refractivity contribution is 0.111. The van der Waals surface area contributed by atoms with Crippen molar-refractivity contribution in [1.29, 1.82) is 0 Å². The average molecular weight is 272 g/mol. The van der Waals surface area contributed by atoms with Crippen LogP contribution in [0.25, 0.3) is 0 Å². The smallest absolute Gasteiger partial charge is 0.0415 e. The minimum atomic E-state index is 0.686. The Morgan fingerprint density at radius 3 is 2.75 bits per heavy atom. The van der Waals surface area contributed by atoms with E-state index in [2.05, 4.69) is 48.8 Å². The van der Waals surface area contributed by atoms with Gasteiger partial charge in [-0.25, -0.2) is 0 Å². The molecule has 0 bridgehead atoms. The van der Waals surface area contributed by atoms with Gasteiger partial charge in [0.2, 0.25) is 0 Å². The van der Waals surface area contributed by atoms with Crippen LogP contribution in [0.4, 0.5) is 5.69 Å². The summed E-state index contributed by atoms with van der Waals surface area (Å²) >= 11 is 0. The van der Waals surface area contributed by atoms with Crippen molar-refractivity contribution in [2.75, 3.05) is 24.5 Å². The van der Waals surface area contributed by atoms with Gasteiger partial charge >= 0.3 is 0 Å². The van der Waals surface area contributed by atoms with E-state index in [1.807, 2.05) is 0 Å². The first kappa shape index (κ1) is 13.9. The highest BCUT2D eigenvalue weighted by molar-refractivity contribution is 5.55. The van der Waals surface area contributed by atoms with Crippen molar-refractivity contribution in [3.63, 3.8) is 0 Å². The molecule has 2 aliphatic heterocycles. The van der Waals surface area contributed by atoms with Crippen molar-refractivity contribution in [2.24, 2.45) is 0 Å². The Labute approximate surface area is 123 Å². The van der Waals surface area contributed by atoms with Crippen molar-refractivity contribution in [3.05, 3.63) is 29.3 Å². The van der Waals surface area contributed by atoms with Crippen LogP contribution in [-0.2, 0) is 0 Å². The molecule has 20 heavy (non-hydrogen) atoms. The van der Waals surface area contributed by atoms with Crippen LogP contribution in [0.2, 0.25) is 0 Å². The van der Waals surface area contributed by atoms with E-state index in [0.29, 0.717) is 6.04 Å². The molecular weight excluding hydrogens is 244 g/mol. The van der Waals surface area contributed by atoms with E-state index >= 15 is 0 Å². The maximum Gasteiger partial charge on any atom is 0.0415 e. The van der Waals surface area contributed by atoms with Gasteiger partial charge in [-0.05, 0) is 51.3 Å². The lowest BCUT2D eigenvalue weighted by Gasteiger charge is -2.49. The molecule has 110 valence electrons. The standard InChI is InChI=1S/C18H28N2/c1-4-16-12-19-10-6-5-7-17(19)13-20(16)18-9-8-14(2)11-15(18)3/h8-9,11,16-17H,4-7,10,12-13H2,1-3H3. The molecule has 0 spiro atoms. The van der Waals surface area contributed by atoms with Crippen molar-refractivity contribution < 1.29 is 0 Å². The SMILES string of the molecule is CCC1CN2CCCCC2CN1c1ccc(C)cc1C. The maximum absolute atomic E-state index is 2.75. The summed E-state index contributed by atoms with van der Waals surface area (Å²) in [6.45, 7) is 10.6. The number of anilines is 1. The molecule has 0 N–H and O–H groups in total. The summed E-state index contributed by atoms with van der Waals surface area (Å²) < 4.78 is 0. The van der Waals surface area contributed by atoms with Gasteiger partial charge in [0.1, 0.15) is 0 Å². The monoisotopic (exact) mass is 272 g/mol. The molecule has 2 fully saturated rings. The average Bonchev–Trinajstić information content (AvgIpc) is 2.46. The Bertz CT molecular complexity index is 468. The molecule has 3 rings (SSSR count). The first-order valence-electron chi connectivity index (χ1n) is 8.27. The second-order valence-electron chi connectivity index (χ2n) is 6.65. The van der Waals surface area contributed by atoms with E-state index in [-0.39, 0.29) is 0 Å². The summed E-state index contributed by atoms with van der Waals surface area (Å²) in [6.07, 6.45) is 5.45. The van der Waals surface area contributed by atoms with Crippen molar-refractivity contribution in [1.82, 2.24) is 4.90 Å². The Hall–Kier alpha value is -1.02. The summed E-state index contributed by atoms with van der Waals surface area (Å²) in [6, 6.07) is 8.40. The second-order valence-corrected chi connectivity index (χ2v) is 6.65. The van der Waals surface area contributed by atoms with E-state index in [1.165, 1.54) is 62.1 Å². The molecule has 2 unspecified atom stereocenters. The molecule has 1 aromatic rings. The Morgan fingerprint density at radius 2 is 2.00 bits per heavy atom. The number of benzene rings is 1.